The normalized spacial score (nSPS) is 10.5. The Morgan fingerprint density at radius 3 is 2.77 bits per heavy atom. The summed E-state index contributed by atoms with van der Waals surface area (Å²) >= 11 is 0. The van der Waals surface area contributed by atoms with Gasteiger partial charge in [0, 0.05) is 38.1 Å². The lowest BCUT2D eigenvalue weighted by atomic mass is 10.0. The number of nitro groups is 1. The predicted molar refractivity (Wildman–Crippen MR) is 81.2 cm³/mol. The fraction of sp³-hybridized carbons (Fsp3) is 0.333. The highest BCUT2D eigenvalue weighted by Gasteiger charge is 2.17. The maximum absolute atomic E-state index is 12.3. The number of nitrogens with zero attached hydrogens (tertiary/aromatic N) is 4. The fourth-order valence-electron chi connectivity index (χ4n) is 2.21. The second-order valence-electron chi connectivity index (χ2n) is 5.20. The molecule has 0 N–H and O–H groups in total. The monoisotopic (exact) mass is 302 g/mol. The number of imidazole rings is 1. The molecular formula is C15H18N4O3. The SMILES string of the molecule is Cc1c(CC(=O)N(C)Cc2nccn2C)cccc1[N+](=O)[O-]. The van der Waals surface area contributed by atoms with E-state index in [1.165, 1.54) is 6.07 Å². The first-order chi connectivity index (χ1) is 10.4. The van der Waals surface area contributed by atoms with Crippen molar-refractivity contribution in [1.29, 1.82) is 0 Å². The summed E-state index contributed by atoms with van der Waals surface area (Å²) in [6.45, 7) is 2.07. The Bertz CT molecular complexity index is 709. The molecule has 0 atom stereocenters. The van der Waals surface area contributed by atoms with E-state index in [1.54, 1.807) is 37.2 Å². The molecule has 0 aliphatic carbocycles. The van der Waals surface area contributed by atoms with Crippen LogP contribution in [0.15, 0.2) is 30.6 Å². The van der Waals surface area contributed by atoms with E-state index in [4.69, 9.17) is 0 Å². The lowest BCUT2D eigenvalue weighted by molar-refractivity contribution is -0.385. The van der Waals surface area contributed by atoms with Crippen LogP contribution in [0.4, 0.5) is 5.69 Å². The molecule has 0 radical (unpaired) electrons. The number of amides is 1. The summed E-state index contributed by atoms with van der Waals surface area (Å²) in [5.41, 5.74) is 1.24. The topological polar surface area (TPSA) is 81.3 Å². The molecule has 0 unspecified atom stereocenters. The molecule has 22 heavy (non-hydrogen) atoms. The Hall–Kier alpha value is -2.70. The van der Waals surface area contributed by atoms with Gasteiger partial charge in [-0.1, -0.05) is 12.1 Å². The van der Waals surface area contributed by atoms with Gasteiger partial charge in [0.05, 0.1) is 17.9 Å². The Labute approximate surface area is 128 Å². The van der Waals surface area contributed by atoms with Crippen LogP contribution in [0.1, 0.15) is 17.0 Å². The first-order valence-electron chi connectivity index (χ1n) is 6.83. The number of aryl methyl sites for hydroxylation is 1. The molecule has 1 aromatic carbocycles. The second kappa shape index (κ2) is 6.38. The van der Waals surface area contributed by atoms with Crippen molar-refractivity contribution < 1.29 is 9.72 Å². The summed E-state index contributed by atoms with van der Waals surface area (Å²) in [7, 11) is 3.56. The Kier molecular flexibility index (Phi) is 4.55. The number of likely N-dealkylation sites (N-methyl/N-ethyl adjacent to an activating group) is 1. The number of nitro benzene ring substituents is 1. The van der Waals surface area contributed by atoms with Crippen LogP contribution in [0.25, 0.3) is 0 Å². The van der Waals surface area contributed by atoms with E-state index >= 15 is 0 Å². The number of hydrogen-bond donors (Lipinski definition) is 0. The van der Waals surface area contributed by atoms with Crippen molar-refractivity contribution in [2.75, 3.05) is 7.05 Å². The molecule has 7 heteroatoms. The van der Waals surface area contributed by atoms with Gasteiger partial charge in [0.15, 0.2) is 0 Å². The maximum Gasteiger partial charge on any atom is 0.272 e. The molecule has 2 rings (SSSR count). The lowest BCUT2D eigenvalue weighted by Gasteiger charge is -2.17. The number of benzene rings is 1. The van der Waals surface area contributed by atoms with Crippen molar-refractivity contribution in [2.24, 2.45) is 7.05 Å². The van der Waals surface area contributed by atoms with Crippen LogP contribution in [0, 0.1) is 17.0 Å². The number of hydrogen-bond acceptors (Lipinski definition) is 4. The molecule has 0 saturated heterocycles. The Morgan fingerprint density at radius 1 is 1.45 bits per heavy atom. The van der Waals surface area contributed by atoms with E-state index in [-0.39, 0.29) is 18.0 Å². The largest absolute Gasteiger partial charge is 0.338 e. The van der Waals surface area contributed by atoms with Gasteiger partial charge in [-0.25, -0.2) is 4.98 Å². The molecule has 1 aromatic heterocycles. The van der Waals surface area contributed by atoms with Crippen LogP contribution >= 0.6 is 0 Å². The van der Waals surface area contributed by atoms with E-state index in [1.807, 2.05) is 17.8 Å². The summed E-state index contributed by atoms with van der Waals surface area (Å²) in [5, 5.41) is 10.9. The van der Waals surface area contributed by atoms with Gasteiger partial charge in [0.2, 0.25) is 5.91 Å². The fourth-order valence-corrected chi connectivity index (χ4v) is 2.21. The molecule has 0 aliphatic heterocycles. The number of carbonyl (C=O) groups is 1. The highest BCUT2D eigenvalue weighted by molar-refractivity contribution is 5.79. The van der Waals surface area contributed by atoms with Crippen LogP contribution in [-0.2, 0) is 24.8 Å². The zero-order chi connectivity index (χ0) is 16.3. The number of aromatic nitrogens is 2. The first-order valence-corrected chi connectivity index (χ1v) is 6.83. The summed E-state index contributed by atoms with van der Waals surface area (Å²) in [6.07, 6.45) is 3.63. The number of rotatable bonds is 5. The molecule has 116 valence electrons. The third-order valence-corrected chi connectivity index (χ3v) is 3.68. The molecule has 0 aliphatic rings. The summed E-state index contributed by atoms with van der Waals surface area (Å²) in [4.78, 5) is 28.6. The molecular weight excluding hydrogens is 284 g/mol. The van der Waals surface area contributed by atoms with Gasteiger partial charge in [-0.2, -0.15) is 0 Å². The minimum absolute atomic E-state index is 0.0389. The highest BCUT2D eigenvalue weighted by atomic mass is 16.6. The van der Waals surface area contributed by atoms with Crippen molar-refractivity contribution in [3.8, 4) is 0 Å². The molecule has 0 spiro atoms. The number of carbonyl (C=O) groups excluding carboxylic acids is 1. The van der Waals surface area contributed by atoms with E-state index < -0.39 is 4.92 Å². The third kappa shape index (κ3) is 3.30. The molecule has 7 nitrogen and oxygen atoms in total. The van der Waals surface area contributed by atoms with Gasteiger partial charge in [-0.15, -0.1) is 0 Å². The quantitative estimate of drug-likeness (QED) is 0.623. The van der Waals surface area contributed by atoms with Crippen LogP contribution in [0.5, 0.6) is 0 Å². The third-order valence-electron chi connectivity index (χ3n) is 3.68. The molecule has 1 heterocycles. The zero-order valence-corrected chi connectivity index (χ0v) is 12.8. The van der Waals surface area contributed by atoms with Crippen molar-refractivity contribution in [3.63, 3.8) is 0 Å². The minimum atomic E-state index is -0.430. The van der Waals surface area contributed by atoms with E-state index in [0.717, 1.165) is 5.82 Å². The smallest absolute Gasteiger partial charge is 0.272 e. The Balaban J connectivity index is 2.10. The van der Waals surface area contributed by atoms with Crippen LogP contribution < -0.4 is 0 Å². The summed E-state index contributed by atoms with van der Waals surface area (Å²) < 4.78 is 1.85. The van der Waals surface area contributed by atoms with Gasteiger partial charge in [-0.3, -0.25) is 14.9 Å². The molecule has 0 saturated carbocycles. The standard InChI is InChI=1S/C15H18N4O3/c1-11-12(5-4-6-13(11)19(21)22)9-15(20)18(3)10-14-16-7-8-17(14)2/h4-8H,9-10H2,1-3H3. The summed E-state index contributed by atoms with van der Waals surface area (Å²) in [6, 6.07) is 4.79. The van der Waals surface area contributed by atoms with Crippen molar-refractivity contribution in [2.45, 2.75) is 19.9 Å². The first kappa shape index (κ1) is 15.7. The molecule has 0 bridgehead atoms. The zero-order valence-electron chi connectivity index (χ0n) is 12.8. The van der Waals surface area contributed by atoms with Crippen molar-refractivity contribution >= 4 is 11.6 Å². The van der Waals surface area contributed by atoms with Gasteiger partial charge in [0.1, 0.15) is 5.82 Å². The van der Waals surface area contributed by atoms with Crippen LogP contribution in [0.2, 0.25) is 0 Å². The van der Waals surface area contributed by atoms with E-state index in [0.29, 0.717) is 17.7 Å². The van der Waals surface area contributed by atoms with Gasteiger partial charge >= 0.3 is 0 Å². The van der Waals surface area contributed by atoms with Crippen molar-refractivity contribution in [1.82, 2.24) is 14.5 Å². The lowest BCUT2D eigenvalue weighted by Crippen LogP contribution is -2.29. The van der Waals surface area contributed by atoms with Gasteiger partial charge in [0.25, 0.3) is 5.69 Å². The highest BCUT2D eigenvalue weighted by Crippen LogP contribution is 2.21. The van der Waals surface area contributed by atoms with E-state index in [2.05, 4.69) is 4.98 Å². The van der Waals surface area contributed by atoms with Gasteiger partial charge < -0.3 is 9.47 Å². The minimum Gasteiger partial charge on any atom is -0.338 e. The van der Waals surface area contributed by atoms with Gasteiger partial charge in [-0.05, 0) is 12.5 Å². The molecule has 2 aromatic rings. The predicted octanol–water partition coefficient (Wildman–Crippen LogP) is 1.84. The van der Waals surface area contributed by atoms with Crippen molar-refractivity contribution in [3.05, 3.63) is 57.7 Å². The Morgan fingerprint density at radius 2 is 2.18 bits per heavy atom. The molecule has 0 fully saturated rings. The van der Waals surface area contributed by atoms with Crippen LogP contribution in [0.3, 0.4) is 0 Å². The summed E-state index contributed by atoms with van der Waals surface area (Å²) in [5.74, 6) is 0.679. The average molecular weight is 302 g/mol. The van der Waals surface area contributed by atoms with Crippen LogP contribution in [-0.4, -0.2) is 32.3 Å². The van der Waals surface area contributed by atoms with E-state index in [9.17, 15) is 14.9 Å². The maximum atomic E-state index is 12.3. The second-order valence-corrected chi connectivity index (χ2v) is 5.20. The molecule has 1 amide bonds. The average Bonchev–Trinajstić information content (AvgIpc) is 2.86.